The van der Waals surface area contributed by atoms with Crippen LogP contribution < -0.4 is 5.32 Å². The summed E-state index contributed by atoms with van der Waals surface area (Å²) in [5.41, 5.74) is 0.349. The molecule has 0 bridgehead atoms. The summed E-state index contributed by atoms with van der Waals surface area (Å²) in [4.78, 5) is 22.2. The van der Waals surface area contributed by atoms with Gasteiger partial charge in [-0.15, -0.1) is 0 Å². The van der Waals surface area contributed by atoms with E-state index in [-0.39, 0.29) is 22.9 Å². The number of nitrogens with zero attached hydrogens (tertiary/aromatic N) is 2. The van der Waals surface area contributed by atoms with Crippen LogP contribution in [0.2, 0.25) is 0 Å². The Hall–Kier alpha value is -2.50. The number of hydrogen-bond donors (Lipinski definition) is 1. The quantitative estimate of drug-likeness (QED) is 0.828. The maximum atomic E-state index is 13.7. The second-order valence-corrected chi connectivity index (χ2v) is 3.52. The van der Waals surface area contributed by atoms with Gasteiger partial charge in [-0.3, -0.25) is 9.59 Å². The van der Waals surface area contributed by atoms with E-state index in [2.05, 4.69) is 10.4 Å². The van der Waals surface area contributed by atoms with Gasteiger partial charge in [0, 0.05) is 18.8 Å². The van der Waals surface area contributed by atoms with E-state index in [1.54, 1.807) is 0 Å². The molecule has 0 unspecified atom stereocenters. The lowest BCUT2D eigenvalue weighted by atomic mass is 10.2. The van der Waals surface area contributed by atoms with Crippen LogP contribution in [0, 0.1) is 5.82 Å². The van der Waals surface area contributed by atoms with Crippen LogP contribution in [0.4, 0.5) is 4.39 Å². The number of benzene rings is 1. The van der Waals surface area contributed by atoms with Gasteiger partial charge in [-0.25, -0.2) is 9.07 Å². The molecule has 1 aromatic heterocycles. The van der Waals surface area contributed by atoms with E-state index in [9.17, 15) is 14.0 Å². The predicted molar refractivity (Wildman–Crippen MR) is 62.3 cm³/mol. The smallest absolute Gasteiger partial charge is 0.271 e. The predicted octanol–water partition coefficient (Wildman–Crippen LogP) is 1.18. The van der Waals surface area contributed by atoms with Crippen LogP contribution in [0.25, 0.3) is 5.69 Å². The molecule has 5 nitrogen and oxygen atoms in total. The Bertz CT molecular complexity index is 607. The molecule has 0 aliphatic carbocycles. The molecule has 92 valence electrons. The first kappa shape index (κ1) is 12.0. The summed E-state index contributed by atoms with van der Waals surface area (Å²) in [5, 5.41) is 6.34. The molecule has 0 aliphatic rings. The number of amides is 1. The van der Waals surface area contributed by atoms with Crippen molar-refractivity contribution in [2.45, 2.75) is 0 Å². The average molecular weight is 247 g/mol. The second kappa shape index (κ2) is 4.79. The van der Waals surface area contributed by atoms with Crippen molar-refractivity contribution in [1.82, 2.24) is 15.1 Å². The molecule has 0 atom stereocenters. The molecule has 1 amide bonds. The minimum absolute atomic E-state index is 0.0302. The molecule has 18 heavy (non-hydrogen) atoms. The van der Waals surface area contributed by atoms with Crippen molar-refractivity contribution in [2.24, 2.45) is 0 Å². The monoisotopic (exact) mass is 247 g/mol. The largest absolute Gasteiger partial charge is 0.354 e. The third kappa shape index (κ3) is 2.00. The molecular weight excluding hydrogens is 237 g/mol. The summed E-state index contributed by atoms with van der Waals surface area (Å²) >= 11 is 0. The van der Waals surface area contributed by atoms with E-state index in [1.165, 1.54) is 42.2 Å². The molecule has 0 spiro atoms. The van der Waals surface area contributed by atoms with Gasteiger partial charge in [0.1, 0.15) is 11.5 Å². The molecular formula is C12H10FN3O2. The van der Waals surface area contributed by atoms with Crippen LogP contribution in [0.3, 0.4) is 0 Å². The van der Waals surface area contributed by atoms with Gasteiger partial charge in [-0.05, 0) is 18.2 Å². The molecule has 2 rings (SSSR count). The van der Waals surface area contributed by atoms with Crippen molar-refractivity contribution in [3.05, 3.63) is 47.5 Å². The van der Waals surface area contributed by atoms with Crippen molar-refractivity contribution in [1.29, 1.82) is 0 Å². The molecule has 1 N–H and O–H groups in total. The summed E-state index contributed by atoms with van der Waals surface area (Å²) in [6, 6.07) is 5.59. The van der Waals surface area contributed by atoms with Gasteiger partial charge in [-0.1, -0.05) is 6.07 Å². The molecule has 0 saturated carbocycles. The van der Waals surface area contributed by atoms with E-state index in [0.717, 1.165) is 0 Å². The van der Waals surface area contributed by atoms with Crippen molar-refractivity contribution in [3.63, 3.8) is 0 Å². The molecule has 0 fully saturated rings. The van der Waals surface area contributed by atoms with Crippen LogP contribution >= 0.6 is 0 Å². The Morgan fingerprint density at radius 1 is 1.44 bits per heavy atom. The number of aldehydes is 1. The topological polar surface area (TPSA) is 64.0 Å². The van der Waals surface area contributed by atoms with E-state index in [1.807, 2.05) is 0 Å². The van der Waals surface area contributed by atoms with E-state index in [0.29, 0.717) is 6.29 Å². The Kier molecular flexibility index (Phi) is 3.18. The van der Waals surface area contributed by atoms with Crippen molar-refractivity contribution < 1.29 is 14.0 Å². The summed E-state index contributed by atoms with van der Waals surface area (Å²) in [5.74, 6) is -0.955. The fraction of sp³-hybridized carbons (Fsp3) is 0.0833. The number of rotatable bonds is 3. The highest BCUT2D eigenvalue weighted by Crippen LogP contribution is 2.16. The molecule has 0 saturated heterocycles. The van der Waals surface area contributed by atoms with Crippen molar-refractivity contribution in [3.8, 4) is 5.69 Å². The normalized spacial score (nSPS) is 10.1. The van der Waals surface area contributed by atoms with Crippen molar-refractivity contribution >= 4 is 12.2 Å². The Morgan fingerprint density at radius 3 is 2.89 bits per heavy atom. The first-order valence-corrected chi connectivity index (χ1v) is 5.19. The fourth-order valence-electron chi connectivity index (χ4n) is 1.57. The third-order valence-corrected chi connectivity index (χ3v) is 2.42. The highest BCUT2D eigenvalue weighted by atomic mass is 19.1. The van der Waals surface area contributed by atoms with Gasteiger partial charge in [0.15, 0.2) is 12.0 Å². The first-order chi connectivity index (χ1) is 8.67. The highest BCUT2D eigenvalue weighted by molar-refractivity contribution is 5.92. The minimum atomic E-state index is -0.578. The molecule has 1 heterocycles. The lowest BCUT2D eigenvalue weighted by Gasteiger charge is -2.05. The van der Waals surface area contributed by atoms with Crippen LogP contribution in [0.5, 0.6) is 0 Å². The zero-order chi connectivity index (χ0) is 13.1. The van der Waals surface area contributed by atoms with E-state index in [4.69, 9.17) is 0 Å². The second-order valence-electron chi connectivity index (χ2n) is 3.52. The zero-order valence-corrected chi connectivity index (χ0v) is 9.55. The average Bonchev–Trinajstić information content (AvgIpc) is 2.86. The lowest BCUT2D eigenvalue weighted by molar-refractivity contribution is 0.0957. The van der Waals surface area contributed by atoms with Crippen LogP contribution in [-0.2, 0) is 0 Å². The number of hydrogen-bond acceptors (Lipinski definition) is 3. The van der Waals surface area contributed by atoms with Gasteiger partial charge in [0.25, 0.3) is 5.91 Å². The van der Waals surface area contributed by atoms with E-state index < -0.39 is 5.82 Å². The van der Waals surface area contributed by atoms with Gasteiger partial charge in [0.05, 0.1) is 0 Å². The number of carbonyl (C=O) groups is 2. The molecule has 0 aliphatic heterocycles. The number of aromatic nitrogens is 2. The Labute approximate surface area is 102 Å². The molecule has 2 aromatic rings. The number of carbonyl (C=O) groups excluding carboxylic acids is 2. The van der Waals surface area contributed by atoms with Gasteiger partial charge >= 0.3 is 0 Å². The van der Waals surface area contributed by atoms with Gasteiger partial charge in [-0.2, -0.15) is 5.10 Å². The summed E-state index contributed by atoms with van der Waals surface area (Å²) in [6.07, 6.45) is 1.97. The maximum absolute atomic E-state index is 13.7. The first-order valence-electron chi connectivity index (χ1n) is 5.19. The number of para-hydroxylation sites is 1. The summed E-state index contributed by atoms with van der Waals surface area (Å²) in [6.45, 7) is 0. The molecule has 1 aromatic carbocycles. The molecule has 0 radical (unpaired) electrons. The SMILES string of the molecule is CNC(=O)c1ccn(-c2c(F)cccc2C=O)n1. The molecule has 6 heteroatoms. The number of nitrogens with one attached hydrogen (secondary N) is 1. The Morgan fingerprint density at radius 2 is 2.22 bits per heavy atom. The third-order valence-electron chi connectivity index (χ3n) is 2.42. The fourth-order valence-corrected chi connectivity index (χ4v) is 1.57. The number of halogens is 1. The van der Waals surface area contributed by atoms with Crippen LogP contribution in [-0.4, -0.2) is 29.0 Å². The maximum Gasteiger partial charge on any atom is 0.271 e. The minimum Gasteiger partial charge on any atom is -0.354 e. The lowest BCUT2D eigenvalue weighted by Crippen LogP contribution is -2.18. The van der Waals surface area contributed by atoms with Gasteiger partial charge in [0.2, 0.25) is 0 Å². The van der Waals surface area contributed by atoms with Crippen LogP contribution in [0.1, 0.15) is 20.8 Å². The van der Waals surface area contributed by atoms with Gasteiger partial charge < -0.3 is 5.32 Å². The standard InChI is InChI=1S/C12H10FN3O2/c1-14-12(18)10-5-6-16(15-10)11-8(7-17)3-2-4-9(11)13/h2-7H,1H3,(H,14,18). The van der Waals surface area contributed by atoms with E-state index >= 15 is 0 Å². The highest BCUT2D eigenvalue weighted by Gasteiger charge is 2.13. The van der Waals surface area contributed by atoms with Crippen molar-refractivity contribution in [2.75, 3.05) is 7.05 Å². The van der Waals surface area contributed by atoms with Crippen LogP contribution in [0.15, 0.2) is 30.5 Å². The Balaban J connectivity index is 2.52. The zero-order valence-electron chi connectivity index (χ0n) is 9.55. The summed E-state index contributed by atoms with van der Waals surface area (Å²) < 4.78 is 14.9. The summed E-state index contributed by atoms with van der Waals surface area (Å²) in [7, 11) is 1.47.